The Kier molecular flexibility index (Phi) is 4.75. The van der Waals surface area contributed by atoms with Crippen LogP contribution in [0.15, 0.2) is 66.0 Å². The van der Waals surface area contributed by atoms with E-state index < -0.39 is 11.9 Å². The summed E-state index contributed by atoms with van der Waals surface area (Å²) in [6.07, 6.45) is 0. The minimum atomic E-state index is -0.775. The van der Waals surface area contributed by atoms with Gasteiger partial charge in [-0.25, -0.2) is 9.59 Å². The Morgan fingerprint density at radius 3 is 2.19 bits per heavy atom. The van der Waals surface area contributed by atoms with Gasteiger partial charge in [-0.3, -0.25) is 4.79 Å². The molecule has 0 saturated carbocycles. The van der Waals surface area contributed by atoms with Gasteiger partial charge in [0.25, 0.3) is 0 Å². The lowest BCUT2D eigenvalue weighted by Gasteiger charge is -2.10. The quantitative estimate of drug-likeness (QED) is 0.219. The highest BCUT2D eigenvalue weighted by molar-refractivity contribution is 7.12. The Bertz CT molecular complexity index is 1550. The minimum Gasteiger partial charge on any atom is -0.465 e. The molecule has 0 aliphatic heterocycles. The second kappa shape index (κ2) is 7.62. The van der Waals surface area contributed by atoms with Gasteiger partial charge in [-0.05, 0) is 34.4 Å². The molecule has 3 aromatic heterocycles. The number of aromatic nitrogens is 1. The molecule has 0 aliphatic carbocycles. The van der Waals surface area contributed by atoms with Crippen molar-refractivity contribution in [1.29, 1.82) is 0 Å². The Labute approximate surface area is 186 Å². The molecular weight excluding hydrogens is 426 g/mol. The normalized spacial score (nSPS) is 11.2. The van der Waals surface area contributed by atoms with E-state index in [4.69, 9.17) is 9.47 Å². The fourth-order valence-corrected chi connectivity index (χ4v) is 4.83. The van der Waals surface area contributed by atoms with Crippen LogP contribution in [0.4, 0.5) is 0 Å². The number of nitrogens with zero attached hydrogens (tertiary/aromatic N) is 1. The number of benzene rings is 2. The average molecular weight is 443 g/mol. The van der Waals surface area contributed by atoms with Crippen molar-refractivity contribution in [2.24, 2.45) is 0 Å². The molecule has 0 N–H and O–H groups in total. The van der Waals surface area contributed by atoms with Crippen LogP contribution in [0.2, 0.25) is 0 Å². The number of esters is 2. The molecule has 0 amide bonds. The van der Waals surface area contributed by atoms with Crippen LogP contribution >= 0.6 is 11.3 Å². The fraction of sp³-hybridized carbons (Fsp3) is 0.0800. The fourth-order valence-electron chi connectivity index (χ4n) is 4.16. The summed E-state index contributed by atoms with van der Waals surface area (Å²) in [6.45, 7) is 0. The standard InChI is InChI=1S/C25H17NO5S/c1-30-24(28)20-18-12-10-16-15-7-4-3-6-14(15)9-11-17(16)26(18)22(21(20)25(29)31-2)23(27)19-8-5-13-32-19/h3-13H,1-2H3. The molecule has 5 rings (SSSR count). The van der Waals surface area contributed by atoms with Crippen LogP contribution in [-0.4, -0.2) is 36.3 Å². The third kappa shape index (κ3) is 2.82. The second-order valence-corrected chi connectivity index (χ2v) is 8.11. The van der Waals surface area contributed by atoms with Gasteiger partial charge in [0.1, 0.15) is 16.8 Å². The lowest BCUT2D eigenvalue weighted by molar-refractivity contribution is 0.0556. The highest BCUT2D eigenvalue weighted by Crippen LogP contribution is 2.34. The number of ether oxygens (including phenoxy) is 2. The van der Waals surface area contributed by atoms with Gasteiger partial charge in [-0.15, -0.1) is 11.3 Å². The first-order valence-electron chi connectivity index (χ1n) is 9.80. The van der Waals surface area contributed by atoms with Gasteiger partial charge in [-0.1, -0.05) is 42.5 Å². The van der Waals surface area contributed by atoms with E-state index in [9.17, 15) is 14.4 Å². The van der Waals surface area contributed by atoms with E-state index in [-0.39, 0.29) is 22.6 Å². The van der Waals surface area contributed by atoms with Crippen molar-refractivity contribution >= 4 is 56.3 Å². The zero-order valence-electron chi connectivity index (χ0n) is 17.2. The molecule has 3 heterocycles. The summed E-state index contributed by atoms with van der Waals surface area (Å²) < 4.78 is 11.6. The molecule has 6 nitrogen and oxygen atoms in total. The third-order valence-electron chi connectivity index (χ3n) is 5.54. The van der Waals surface area contributed by atoms with Crippen molar-refractivity contribution in [1.82, 2.24) is 4.40 Å². The van der Waals surface area contributed by atoms with E-state index in [2.05, 4.69) is 0 Å². The van der Waals surface area contributed by atoms with Crippen molar-refractivity contribution in [3.63, 3.8) is 0 Å². The number of rotatable bonds is 4. The van der Waals surface area contributed by atoms with Gasteiger partial charge >= 0.3 is 11.9 Å². The van der Waals surface area contributed by atoms with Gasteiger partial charge in [0.15, 0.2) is 0 Å². The number of hydrogen-bond acceptors (Lipinski definition) is 6. The molecular formula is C25H17NO5S. The van der Waals surface area contributed by atoms with Crippen molar-refractivity contribution in [3.05, 3.63) is 87.7 Å². The van der Waals surface area contributed by atoms with Gasteiger partial charge < -0.3 is 13.9 Å². The highest BCUT2D eigenvalue weighted by atomic mass is 32.1. The Hall–Kier alpha value is -3.97. The lowest BCUT2D eigenvalue weighted by atomic mass is 10.0. The number of carbonyl (C=O) groups is 3. The topological polar surface area (TPSA) is 74.1 Å². The Balaban J connectivity index is 2.02. The van der Waals surface area contributed by atoms with Gasteiger partial charge in [0, 0.05) is 5.39 Å². The van der Waals surface area contributed by atoms with Crippen molar-refractivity contribution in [2.75, 3.05) is 14.2 Å². The summed E-state index contributed by atoms with van der Waals surface area (Å²) >= 11 is 1.26. The number of hydrogen-bond donors (Lipinski definition) is 0. The largest absolute Gasteiger partial charge is 0.465 e. The summed E-state index contributed by atoms with van der Waals surface area (Å²) in [5, 5.41) is 4.71. The Morgan fingerprint density at radius 1 is 0.750 bits per heavy atom. The molecule has 158 valence electrons. The zero-order valence-corrected chi connectivity index (χ0v) is 18.1. The maximum absolute atomic E-state index is 13.6. The summed E-state index contributed by atoms with van der Waals surface area (Å²) in [7, 11) is 2.46. The molecule has 7 heteroatoms. The second-order valence-electron chi connectivity index (χ2n) is 7.16. The number of carbonyl (C=O) groups excluding carboxylic acids is 3. The van der Waals surface area contributed by atoms with Crippen molar-refractivity contribution in [2.45, 2.75) is 0 Å². The molecule has 0 saturated heterocycles. The number of methoxy groups -OCH3 is 2. The number of fused-ring (bicyclic) bond motifs is 5. The summed E-state index contributed by atoms with van der Waals surface area (Å²) in [5.41, 5.74) is 1.09. The highest BCUT2D eigenvalue weighted by Gasteiger charge is 2.34. The third-order valence-corrected chi connectivity index (χ3v) is 6.41. The average Bonchev–Trinajstić information content (AvgIpc) is 3.49. The van der Waals surface area contributed by atoms with Gasteiger partial charge in [0.05, 0.1) is 30.1 Å². The van der Waals surface area contributed by atoms with E-state index in [1.807, 2.05) is 42.5 Å². The monoisotopic (exact) mass is 443 g/mol. The van der Waals surface area contributed by atoms with Crippen LogP contribution in [0.5, 0.6) is 0 Å². The molecule has 2 aromatic carbocycles. The number of thiophene rings is 1. The summed E-state index contributed by atoms with van der Waals surface area (Å²) in [5.74, 6) is -1.86. The van der Waals surface area contributed by atoms with Crippen LogP contribution in [-0.2, 0) is 9.47 Å². The molecule has 0 radical (unpaired) electrons. The molecule has 32 heavy (non-hydrogen) atoms. The molecule has 0 bridgehead atoms. The first-order valence-corrected chi connectivity index (χ1v) is 10.7. The zero-order chi connectivity index (χ0) is 22.4. The molecule has 0 atom stereocenters. The lowest BCUT2D eigenvalue weighted by Crippen LogP contribution is -2.14. The number of pyridine rings is 1. The van der Waals surface area contributed by atoms with E-state index in [0.29, 0.717) is 15.9 Å². The molecule has 0 unspecified atom stereocenters. The first kappa shape index (κ1) is 20.0. The summed E-state index contributed by atoms with van der Waals surface area (Å²) in [6, 6.07) is 18.8. The van der Waals surface area contributed by atoms with Crippen LogP contribution < -0.4 is 0 Å². The van der Waals surface area contributed by atoms with Crippen molar-refractivity contribution in [3.8, 4) is 0 Å². The molecule has 0 aliphatic rings. The Morgan fingerprint density at radius 2 is 1.47 bits per heavy atom. The molecule has 0 fully saturated rings. The minimum absolute atomic E-state index is 0.00862. The van der Waals surface area contributed by atoms with E-state index in [0.717, 1.165) is 16.2 Å². The van der Waals surface area contributed by atoms with Gasteiger partial charge in [-0.2, -0.15) is 0 Å². The SMILES string of the molecule is COC(=O)c1c(C(=O)OC)c2ccc3c4ccccc4ccc3n2c1C(=O)c1cccs1. The van der Waals surface area contributed by atoms with E-state index >= 15 is 0 Å². The van der Waals surface area contributed by atoms with Crippen molar-refractivity contribution < 1.29 is 23.9 Å². The maximum Gasteiger partial charge on any atom is 0.341 e. The number of ketones is 1. The van der Waals surface area contributed by atoms with Crippen LogP contribution in [0.1, 0.15) is 36.1 Å². The predicted octanol–water partition coefficient (Wildman–Crippen LogP) is 5.11. The van der Waals surface area contributed by atoms with Crippen LogP contribution in [0.3, 0.4) is 0 Å². The van der Waals surface area contributed by atoms with Gasteiger partial charge in [0.2, 0.25) is 5.78 Å². The predicted molar refractivity (Wildman–Crippen MR) is 123 cm³/mol. The van der Waals surface area contributed by atoms with E-state index in [1.165, 1.54) is 25.6 Å². The van der Waals surface area contributed by atoms with Crippen LogP contribution in [0.25, 0.3) is 27.2 Å². The molecule has 0 spiro atoms. The maximum atomic E-state index is 13.6. The smallest absolute Gasteiger partial charge is 0.341 e. The first-order chi connectivity index (χ1) is 15.6. The summed E-state index contributed by atoms with van der Waals surface area (Å²) in [4.78, 5) is 39.7. The molecule has 5 aromatic rings. The van der Waals surface area contributed by atoms with Crippen LogP contribution in [0, 0.1) is 0 Å². The van der Waals surface area contributed by atoms with E-state index in [1.54, 1.807) is 28.0 Å².